The molecule has 0 fully saturated rings. The third kappa shape index (κ3) is 2.51. The fourth-order valence-corrected chi connectivity index (χ4v) is 2.44. The molecule has 0 amide bonds. The van der Waals surface area contributed by atoms with Crippen LogP contribution in [0, 0.1) is 0 Å². The number of esters is 1. The van der Waals surface area contributed by atoms with Crippen LogP contribution in [-0.4, -0.2) is 24.6 Å². The maximum absolute atomic E-state index is 11.8. The Balaban J connectivity index is 2.38. The molecule has 5 heteroatoms. The van der Waals surface area contributed by atoms with E-state index in [0.717, 1.165) is 15.6 Å². The van der Waals surface area contributed by atoms with E-state index in [1.54, 1.807) is 14.0 Å². The average Bonchev–Trinajstić information content (AvgIpc) is 2.84. The lowest BCUT2D eigenvalue weighted by atomic mass is 10.2. The quantitative estimate of drug-likeness (QED) is 0.860. The molecule has 2 aromatic rings. The molecule has 0 radical (unpaired) electrons. The Bertz CT molecular complexity index is 537. The number of thiazole rings is 1. The second kappa shape index (κ2) is 5.64. The first kappa shape index (κ1) is 12.6. The molecular weight excluding hydrogens is 248 g/mol. The van der Waals surface area contributed by atoms with E-state index in [2.05, 4.69) is 10.3 Å². The molecule has 1 heterocycles. The maximum Gasteiger partial charge on any atom is 0.360 e. The molecule has 0 aliphatic rings. The van der Waals surface area contributed by atoms with E-state index in [9.17, 15) is 4.79 Å². The van der Waals surface area contributed by atoms with Gasteiger partial charge in [-0.2, -0.15) is 0 Å². The topological polar surface area (TPSA) is 51.2 Å². The Morgan fingerprint density at radius 3 is 2.72 bits per heavy atom. The van der Waals surface area contributed by atoms with Crippen LogP contribution < -0.4 is 5.32 Å². The van der Waals surface area contributed by atoms with Crippen molar-refractivity contribution in [2.24, 2.45) is 0 Å². The van der Waals surface area contributed by atoms with Crippen LogP contribution in [0.5, 0.6) is 0 Å². The van der Waals surface area contributed by atoms with E-state index >= 15 is 0 Å². The molecule has 0 bridgehead atoms. The van der Waals surface area contributed by atoms with Gasteiger partial charge >= 0.3 is 5.97 Å². The number of benzene rings is 1. The van der Waals surface area contributed by atoms with Crippen LogP contribution in [0.25, 0.3) is 10.6 Å². The van der Waals surface area contributed by atoms with E-state index in [1.165, 1.54) is 11.3 Å². The minimum Gasteiger partial charge on any atom is -0.461 e. The van der Waals surface area contributed by atoms with E-state index in [4.69, 9.17) is 4.74 Å². The summed E-state index contributed by atoms with van der Waals surface area (Å²) in [5, 5.41) is 4.52. The number of anilines is 1. The van der Waals surface area contributed by atoms with Crippen molar-refractivity contribution in [3.05, 3.63) is 36.0 Å². The number of nitrogens with one attached hydrogen (secondary N) is 1. The van der Waals surface area contributed by atoms with Crippen molar-refractivity contribution in [1.82, 2.24) is 4.98 Å². The largest absolute Gasteiger partial charge is 0.461 e. The first-order valence-corrected chi connectivity index (χ1v) is 6.49. The van der Waals surface area contributed by atoms with E-state index in [-0.39, 0.29) is 5.97 Å². The zero-order valence-corrected chi connectivity index (χ0v) is 11.1. The van der Waals surface area contributed by atoms with Crippen LogP contribution in [0.15, 0.2) is 30.3 Å². The van der Waals surface area contributed by atoms with Crippen molar-refractivity contribution in [3.63, 3.8) is 0 Å². The summed E-state index contributed by atoms with van der Waals surface area (Å²) in [5.74, 6) is -0.389. The first-order chi connectivity index (χ1) is 8.76. The van der Waals surface area contributed by atoms with Gasteiger partial charge in [-0.25, -0.2) is 9.78 Å². The minimum absolute atomic E-state index is 0.347. The molecule has 0 aliphatic carbocycles. The van der Waals surface area contributed by atoms with E-state index in [0.29, 0.717) is 12.3 Å². The van der Waals surface area contributed by atoms with Crippen LogP contribution in [-0.2, 0) is 4.74 Å². The minimum atomic E-state index is -0.389. The SMILES string of the molecule is CCOC(=O)c1nc(-c2ccccc2)sc1NC. The molecule has 94 valence electrons. The zero-order chi connectivity index (χ0) is 13.0. The molecule has 4 nitrogen and oxygen atoms in total. The number of hydrogen-bond donors (Lipinski definition) is 1. The van der Waals surface area contributed by atoms with E-state index < -0.39 is 0 Å². The summed E-state index contributed by atoms with van der Waals surface area (Å²) in [6.45, 7) is 2.13. The van der Waals surface area contributed by atoms with Gasteiger partial charge in [0, 0.05) is 12.6 Å². The Labute approximate surface area is 110 Å². The van der Waals surface area contributed by atoms with Crippen molar-refractivity contribution in [1.29, 1.82) is 0 Å². The van der Waals surface area contributed by atoms with Gasteiger partial charge in [0.05, 0.1) is 6.61 Å². The lowest BCUT2D eigenvalue weighted by Crippen LogP contribution is -2.07. The third-order valence-electron chi connectivity index (χ3n) is 2.34. The summed E-state index contributed by atoms with van der Waals surface area (Å²) in [6, 6.07) is 9.77. The molecule has 0 saturated carbocycles. The number of carbonyl (C=O) groups excluding carboxylic acids is 1. The maximum atomic E-state index is 11.8. The Morgan fingerprint density at radius 2 is 2.11 bits per heavy atom. The van der Waals surface area contributed by atoms with Gasteiger partial charge in [-0.3, -0.25) is 0 Å². The van der Waals surface area contributed by atoms with Gasteiger partial charge in [-0.05, 0) is 6.92 Å². The average molecular weight is 262 g/mol. The highest BCUT2D eigenvalue weighted by Gasteiger charge is 2.19. The van der Waals surface area contributed by atoms with Crippen molar-refractivity contribution in [2.45, 2.75) is 6.92 Å². The lowest BCUT2D eigenvalue weighted by molar-refractivity contribution is 0.0521. The lowest BCUT2D eigenvalue weighted by Gasteiger charge is -2.00. The van der Waals surface area contributed by atoms with Crippen LogP contribution in [0.3, 0.4) is 0 Å². The number of hydrogen-bond acceptors (Lipinski definition) is 5. The smallest absolute Gasteiger partial charge is 0.360 e. The van der Waals surface area contributed by atoms with Crippen LogP contribution in [0.4, 0.5) is 5.00 Å². The van der Waals surface area contributed by atoms with Gasteiger partial charge in [0.15, 0.2) is 5.69 Å². The molecule has 1 aromatic heterocycles. The van der Waals surface area contributed by atoms with Crippen molar-refractivity contribution in [2.75, 3.05) is 19.0 Å². The van der Waals surface area contributed by atoms with Crippen molar-refractivity contribution >= 4 is 22.3 Å². The zero-order valence-electron chi connectivity index (χ0n) is 10.3. The van der Waals surface area contributed by atoms with Gasteiger partial charge in [0.1, 0.15) is 10.0 Å². The number of nitrogens with zero attached hydrogens (tertiary/aromatic N) is 1. The molecule has 1 N–H and O–H groups in total. The molecular formula is C13H14N2O2S. The summed E-state index contributed by atoms with van der Waals surface area (Å²) in [7, 11) is 1.77. The highest BCUT2D eigenvalue weighted by atomic mass is 32.1. The van der Waals surface area contributed by atoms with Gasteiger partial charge in [0.2, 0.25) is 0 Å². The summed E-state index contributed by atoms with van der Waals surface area (Å²) in [6.07, 6.45) is 0. The predicted octanol–water partition coefficient (Wildman–Crippen LogP) is 3.03. The second-order valence-electron chi connectivity index (χ2n) is 3.53. The molecule has 1 aromatic carbocycles. The van der Waals surface area contributed by atoms with Gasteiger partial charge < -0.3 is 10.1 Å². The van der Waals surface area contributed by atoms with Crippen LogP contribution >= 0.6 is 11.3 Å². The molecule has 0 spiro atoms. The van der Waals surface area contributed by atoms with Crippen molar-refractivity contribution in [3.8, 4) is 10.6 Å². The molecule has 18 heavy (non-hydrogen) atoms. The van der Waals surface area contributed by atoms with Gasteiger partial charge in [0.25, 0.3) is 0 Å². The standard InChI is InChI=1S/C13H14N2O2S/c1-3-17-13(16)10-12(14-2)18-11(15-10)9-7-5-4-6-8-9/h4-8,14H,3H2,1-2H3. The molecule has 2 rings (SSSR count). The molecule has 0 unspecified atom stereocenters. The fraction of sp³-hybridized carbons (Fsp3) is 0.231. The number of aromatic nitrogens is 1. The number of rotatable bonds is 4. The highest BCUT2D eigenvalue weighted by molar-refractivity contribution is 7.19. The van der Waals surface area contributed by atoms with E-state index in [1.807, 2.05) is 30.3 Å². The monoisotopic (exact) mass is 262 g/mol. The van der Waals surface area contributed by atoms with Crippen LogP contribution in [0.1, 0.15) is 17.4 Å². The number of carbonyl (C=O) groups is 1. The normalized spacial score (nSPS) is 10.1. The summed E-state index contributed by atoms with van der Waals surface area (Å²) < 4.78 is 4.98. The van der Waals surface area contributed by atoms with Crippen LogP contribution in [0.2, 0.25) is 0 Å². The molecule has 0 saturated heterocycles. The summed E-state index contributed by atoms with van der Waals surface area (Å²) in [4.78, 5) is 16.1. The predicted molar refractivity (Wildman–Crippen MR) is 73.1 cm³/mol. The van der Waals surface area contributed by atoms with Crippen molar-refractivity contribution < 1.29 is 9.53 Å². The summed E-state index contributed by atoms with van der Waals surface area (Å²) in [5.41, 5.74) is 1.35. The molecule has 0 atom stereocenters. The second-order valence-corrected chi connectivity index (χ2v) is 4.53. The number of ether oxygens (including phenoxy) is 1. The Hall–Kier alpha value is -1.88. The third-order valence-corrected chi connectivity index (χ3v) is 3.47. The summed E-state index contributed by atoms with van der Waals surface area (Å²) >= 11 is 1.44. The van der Waals surface area contributed by atoms with Gasteiger partial charge in [-0.15, -0.1) is 0 Å². The highest BCUT2D eigenvalue weighted by Crippen LogP contribution is 2.32. The Morgan fingerprint density at radius 1 is 1.39 bits per heavy atom. The molecule has 0 aliphatic heterocycles. The first-order valence-electron chi connectivity index (χ1n) is 5.67. The van der Waals surface area contributed by atoms with Gasteiger partial charge in [-0.1, -0.05) is 41.7 Å². The fourth-order valence-electron chi connectivity index (χ4n) is 1.53. The Kier molecular flexibility index (Phi) is 3.94.